The third kappa shape index (κ3) is 3.69. The second kappa shape index (κ2) is 7.10. The van der Waals surface area contributed by atoms with E-state index in [4.69, 9.17) is 11.6 Å². The molecule has 0 heterocycles. The number of rotatable bonds is 4. The number of non-ortho nitro benzene ring substituents is 1. The van der Waals surface area contributed by atoms with Gasteiger partial charge in [0.2, 0.25) is 0 Å². The van der Waals surface area contributed by atoms with E-state index in [0.717, 1.165) is 0 Å². The normalized spacial score (nSPS) is 10.1. The Bertz CT molecular complexity index is 835. The molecule has 0 aliphatic heterocycles. The lowest BCUT2D eigenvalue weighted by Crippen LogP contribution is -2.14. The summed E-state index contributed by atoms with van der Waals surface area (Å²) in [5.74, 6) is -1.06. The number of methoxy groups -OCH3 is 1. The fourth-order valence-corrected chi connectivity index (χ4v) is 2.24. The van der Waals surface area contributed by atoms with E-state index in [0.29, 0.717) is 5.56 Å². The summed E-state index contributed by atoms with van der Waals surface area (Å²) >= 11 is 6.03. The van der Waals surface area contributed by atoms with E-state index >= 15 is 0 Å². The smallest absolute Gasteiger partial charge is 0.337 e. The maximum atomic E-state index is 12.4. The zero-order chi connectivity index (χ0) is 17.9. The summed E-state index contributed by atoms with van der Waals surface area (Å²) in [6, 6.07) is 8.25. The second-order valence-electron chi connectivity index (χ2n) is 4.90. The fraction of sp³-hybridized carbons (Fsp3) is 0.125. The van der Waals surface area contributed by atoms with Crippen molar-refractivity contribution in [3.63, 3.8) is 0 Å². The van der Waals surface area contributed by atoms with Gasteiger partial charge in [0.1, 0.15) is 0 Å². The first kappa shape index (κ1) is 17.4. The lowest BCUT2D eigenvalue weighted by atomic mass is 10.1. The maximum absolute atomic E-state index is 12.4. The molecule has 0 aliphatic rings. The van der Waals surface area contributed by atoms with E-state index in [9.17, 15) is 19.7 Å². The summed E-state index contributed by atoms with van der Waals surface area (Å²) in [6.45, 7) is 1.59. The molecule has 1 N–H and O–H groups in total. The molecule has 0 aliphatic carbocycles. The molecule has 0 spiro atoms. The minimum atomic E-state index is -0.561. The number of halogens is 1. The van der Waals surface area contributed by atoms with Gasteiger partial charge in [-0.15, -0.1) is 0 Å². The first-order chi connectivity index (χ1) is 11.3. The number of aryl methyl sites for hydroxylation is 1. The number of hydrogen-bond acceptors (Lipinski definition) is 5. The van der Waals surface area contributed by atoms with Crippen LogP contribution in [0.25, 0.3) is 0 Å². The van der Waals surface area contributed by atoms with Gasteiger partial charge < -0.3 is 10.1 Å². The lowest BCUT2D eigenvalue weighted by Gasteiger charge is -2.10. The Morgan fingerprint density at radius 2 is 1.92 bits per heavy atom. The van der Waals surface area contributed by atoms with Gasteiger partial charge in [0.15, 0.2) is 0 Å². The van der Waals surface area contributed by atoms with Gasteiger partial charge in [0.05, 0.1) is 28.3 Å². The van der Waals surface area contributed by atoms with E-state index in [1.165, 1.54) is 43.5 Å². The quantitative estimate of drug-likeness (QED) is 0.517. The van der Waals surface area contributed by atoms with E-state index in [2.05, 4.69) is 10.1 Å². The Morgan fingerprint density at radius 3 is 2.50 bits per heavy atom. The molecular weight excluding hydrogens is 336 g/mol. The highest BCUT2D eigenvalue weighted by molar-refractivity contribution is 6.34. The molecule has 0 fully saturated rings. The Morgan fingerprint density at radius 1 is 1.21 bits per heavy atom. The van der Waals surface area contributed by atoms with Crippen LogP contribution in [0.3, 0.4) is 0 Å². The van der Waals surface area contributed by atoms with Crippen LogP contribution in [0, 0.1) is 17.0 Å². The number of nitrogens with one attached hydrogen (secondary N) is 1. The van der Waals surface area contributed by atoms with Crippen LogP contribution in [0.4, 0.5) is 11.4 Å². The molecule has 2 aromatic rings. The average molecular weight is 349 g/mol. The maximum Gasteiger partial charge on any atom is 0.337 e. The highest BCUT2D eigenvalue weighted by atomic mass is 35.5. The van der Waals surface area contributed by atoms with Crippen LogP contribution in [0.15, 0.2) is 36.4 Å². The Balaban J connectivity index is 2.30. The van der Waals surface area contributed by atoms with Gasteiger partial charge in [-0.2, -0.15) is 0 Å². The molecule has 0 aromatic heterocycles. The molecule has 0 saturated carbocycles. The summed E-state index contributed by atoms with van der Waals surface area (Å²) in [6.07, 6.45) is 0. The third-order valence-corrected chi connectivity index (χ3v) is 3.63. The second-order valence-corrected chi connectivity index (χ2v) is 5.30. The van der Waals surface area contributed by atoms with Crippen molar-refractivity contribution >= 4 is 34.9 Å². The highest BCUT2D eigenvalue weighted by Gasteiger charge is 2.16. The van der Waals surface area contributed by atoms with Crippen LogP contribution < -0.4 is 5.32 Å². The zero-order valence-electron chi connectivity index (χ0n) is 12.8. The highest BCUT2D eigenvalue weighted by Crippen LogP contribution is 2.25. The molecule has 124 valence electrons. The van der Waals surface area contributed by atoms with Crippen LogP contribution in [0.2, 0.25) is 5.02 Å². The van der Waals surface area contributed by atoms with Crippen molar-refractivity contribution in [2.75, 3.05) is 12.4 Å². The number of hydrogen-bond donors (Lipinski definition) is 1. The molecule has 2 aromatic carbocycles. The van der Waals surface area contributed by atoms with Crippen molar-refractivity contribution in [3.8, 4) is 0 Å². The van der Waals surface area contributed by atoms with Crippen LogP contribution in [-0.4, -0.2) is 23.9 Å². The number of ether oxygens (including phenoxy) is 1. The molecule has 8 heteroatoms. The number of anilines is 1. The molecule has 0 bridgehead atoms. The Kier molecular flexibility index (Phi) is 5.15. The molecule has 0 unspecified atom stereocenters. The number of benzene rings is 2. The fourth-order valence-electron chi connectivity index (χ4n) is 2.07. The molecular formula is C16H13ClN2O5. The van der Waals surface area contributed by atoms with E-state index in [1.807, 2.05) is 0 Å². The number of nitro groups is 1. The third-order valence-electron chi connectivity index (χ3n) is 3.30. The minimum absolute atomic E-state index is 0.102. The summed E-state index contributed by atoms with van der Waals surface area (Å²) < 4.78 is 4.62. The van der Waals surface area contributed by atoms with Gasteiger partial charge in [-0.25, -0.2) is 4.79 Å². The first-order valence-electron chi connectivity index (χ1n) is 6.77. The van der Waals surface area contributed by atoms with Crippen LogP contribution in [0.1, 0.15) is 26.3 Å². The molecule has 2 rings (SSSR count). The summed E-state index contributed by atoms with van der Waals surface area (Å²) in [7, 11) is 1.25. The lowest BCUT2D eigenvalue weighted by molar-refractivity contribution is -0.384. The minimum Gasteiger partial charge on any atom is -0.465 e. The van der Waals surface area contributed by atoms with Crippen LogP contribution >= 0.6 is 11.6 Å². The van der Waals surface area contributed by atoms with Gasteiger partial charge in [-0.05, 0) is 36.8 Å². The van der Waals surface area contributed by atoms with Crippen LogP contribution in [0.5, 0.6) is 0 Å². The number of amides is 1. The number of nitro benzene ring substituents is 1. The van der Waals surface area contributed by atoms with Gasteiger partial charge in [0, 0.05) is 17.7 Å². The molecule has 1 amide bonds. The van der Waals surface area contributed by atoms with Crippen molar-refractivity contribution in [1.29, 1.82) is 0 Å². The predicted molar refractivity (Wildman–Crippen MR) is 88.6 cm³/mol. The largest absolute Gasteiger partial charge is 0.465 e. The Hall–Kier alpha value is -2.93. The first-order valence-corrected chi connectivity index (χ1v) is 7.15. The van der Waals surface area contributed by atoms with Crippen molar-refractivity contribution in [3.05, 3.63) is 68.2 Å². The average Bonchev–Trinajstić information content (AvgIpc) is 2.55. The predicted octanol–water partition coefficient (Wildman–Crippen LogP) is 3.60. The van der Waals surface area contributed by atoms with Crippen molar-refractivity contribution < 1.29 is 19.2 Å². The summed E-state index contributed by atoms with van der Waals surface area (Å²) in [4.78, 5) is 34.1. The standard InChI is InChI=1S/C16H13ClN2O5/c1-9-7-11(19(22)23)4-5-12(9)15(20)18-14-8-10(16(21)24-2)3-6-13(14)17/h3-8H,1-2H3,(H,18,20). The van der Waals surface area contributed by atoms with E-state index < -0.39 is 16.8 Å². The Labute approximate surface area is 142 Å². The van der Waals surface area contributed by atoms with Crippen molar-refractivity contribution in [2.24, 2.45) is 0 Å². The van der Waals surface area contributed by atoms with Crippen molar-refractivity contribution in [2.45, 2.75) is 6.92 Å². The number of esters is 1. The zero-order valence-corrected chi connectivity index (χ0v) is 13.6. The number of carbonyl (C=O) groups excluding carboxylic acids is 2. The van der Waals surface area contributed by atoms with E-state index in [1.54, 1.807) is 6.92 Å². The SMILES string of the molecule is COC(=O)c1ccc(Cl)c(NC(=O)c2ccc([N+](=O)[O-])cc2C)c1. The molecule has 0 saturated heterocycles. The molecule has 0 radical (unpaired) electrons. The summed E-state index contributed by atoms with van der Waals surface area (Å²) in [5.41, 5.74) is 1.08. The molecule has 0 atom stereocenters. The molecule has 24 heavy (non-hydrogen) atoms. The molecule has 7 nitrogen and oxygen atoms in total. The van der Waals surface area contributed by atoms with Crippen molar-refractivity contribution in [1.82, 2.24) is 0 Å². The van der Waals surface area contributed by atoms with Gasteiger partial charge in [0.25, 0.3) is 11.6 Å². The number of carbonyl (C=O) groups is 2. The summed E-state index contributed by atoms with van der Waals surface area (Å²) in [5, 5.41) is 13.6. The number of nitrogens with zero attached hydrogens (tertiary/aromatic N) is 1. The van der Waals surface area contributed by atoms with Gasteiger partial charge >= 0.3 is 5.97 Å². The van der Waals surface area contributed by atoms with Crippen LogP contribution in [-0.2, 0) is 4.74 Å². The van der Waals surface area contributed by atoms with Gasteiger partial charge in [-0.3, -0.25) is 14.9 Å². The van der Waals surface area contributed by atoms with Gasteiger partial charge in [-0.1, -0.05) is 11.6 Å². The topological polar surface area (TPSA) is 98.5 Å². The van der Waals surface area contributed by atoms with E-state index in [-0.39, 0.29) is 27.5 Å². The monoisotopic (exact) mass is 348 g/mol.